The fraction of sp³-hybridized carbons (Fsp3) is 0.538. The summed E-state index contributed by atoms with van der Waals surface area (Å²) in [5.41, 5.74) is 0.472. The van der Waals surface area contributed by atoms with E-state index in [4.69, 9.17) is 4.74 Å². The molecule has 4 heteroatoms. The van der Waals surface area contributed by atoms with Gasteiger partial charge in [-0.25, -0.2) is 8.78 Å². The first kappa shape index (κ1) is 14.1. The lowest BCUT2D eigenvalue weighted by Crippen LogP contribution is -2.15. The molecule has 0 fully saturated rings. The second kappa shape index (κ2) is 6.67. The maximum Gasteiger partial charge on any atom is 0.126 e. The zero-order valence-corrected chi connectivity index (χ0v) is 10.1. The maximum absolute atomic E-state index is 12.9. The summed E-state index contributed by atoms with van der Waals surface area (Å²) in [6.07, 6.45) is 0.996. The van der Waals surface area contributed by atoms with Gasteiger partial charge in [0.05, 0.1) is 12.2 Å². The molecule has 0 aliphatic rings. The Morgan fingerprint density at radius 1 is 1.18 bits per heavy atom. The molecule has 0 heterocycles. The fourth-order valence-electron chi connectivity index (χ4n) is 1.65. The highest BCUT2D eigenvalue weighted by atomic mass is 19.1. The molecular formula is C13H18F2O2. The van der Waals surface area contributed by atoms with Crippen LogP contribution in [-0.2, 0) is 11.2 Å². The van der Waals surface area contributed by atoms with Gasteiger partial charge in [0.25, 0.3) is 0 Å². The Morgan fingerprint density at radius 3 is 2.29 bits per heavy atom. The lowest BCUT2D eigenvalue weighted by Gasteiger charge is -2.14. The van der Waals surface area contributed by atoms with Crippen molar-refractivity contribution in [3.05, 3.63) is 35.4 Å². The molecule has 17 heavy (non-hydrogen) atoms. The van der Waals surface area contributed by atoms with Gasteiger partial charge in [-0.05, 0) is 43.9 Å². The largest absolute Gasteiger partial charge is 0.393 e. The van der Waals surface area contributed by atoms with Crippen molar-refractivity contribution in [3.8, 4) is 0 Å². The summed E-state index contributed by atoms with van der Waals surface area (Å²) in [5.74, 6) is -1.23. The average molecular weight is 244 g/mol. The first-order chi connectivity index (χ1) is 8.01. The first-order valence-corrected chi connectivity index (χ1v) is 5.67. The number of methoxy groups -OCH3 is 1. The molecule has 0 amide bonds. The van der Waals surface area contributed by atoms with Crippen LogP contribution < -0.4 is 0 Å². The van der Waals surface area contributed by atoms with Crippen molar-refractivity contribution in [2.45, 2.75) is 38.4 Å². The molecule has 0 saturated carbocycles. The summed E-state index contributed by atoms with van der Waals surface area (Å²) in [4.78, 5) is 0. The van der Waals surface area contributed by atoms with Crippen LogP contribution in [0.15, 0.2) is 18.2 Å². The highest BCUT2D eigenvalue weighted by molar-refractivity contribution is 5.18. The summed E-state index contributed by atoms with van der Waals surface area (Å²) >= 11 is 0. The fourth-order valence-corrected chi connectivity index (χ4v) is 1.65. The predicted molar refractivity (Wildman–Crippen MR) is 61.8 cm³/mol. The number of ether oxygens (including phenoxy) is 1. The number of aliphatic hydroxyl groups is 1. The highest BCUT2D eigenvalue weighted by Crippen LogP contribution is 2.13. The van der Waals surface area contributed by atoms with Crippen molar-refractivity contribution in [2.75, 3.05) is 7.11 Å². The van der Waals surface area contributed by atoms with Gasteiger partial charge in [-0.2, -0.15) is 0 Å². The Hall–Kier alpha value is -1.00. The minimum atomic E-state index is -0.613. The summed E-state index contributed by atoms with van der Waals surface area (Å²) in [5, 5.41) is 9.73. The number of hydrogen-bond acceptors (Lipinski definition) is 2. The molecule has 0 aromatic heterocycles. The van der Waals surface area contributed by atoms with Crippen molar-refractivity contribution in [3.63, 3.8) is 0 Å². The minimum absolute atomic E-state index is 0.0777. The molecular weight excluding hydrogens is 226 g/mol. The van der Waals surface area contributed by atoms with Crippen LogP contribution in [0.5, 0.6) is 0 Å². The van der Waals surface area contributed by atoms with E-state index in [2.05, 4.69) is 0 Å². The maximum atomic E-state index is 12.9. The van der Waals surface area contributed by atoms with Crippen molar-refractivity contribution in [2.24, 2.45) is 0 Å². The molecule has 2 atom stereocenters. The molecule has 0 aliphatic heterocycles. The van der Waals surface area contributed by atoms with Crippen LogP contribution in [0, 0.1) is 11.6 Å². The van der Waals surface area contributed by atoms with Gasteiger partial charge in [0.2, 0.25) is 0 Å². The van der Waals surface area contributed by atoms with Crippen LogP contribution in [-0.4, -0.2) is 24.4 Å². The summed E-state index contributed by atoms with van der Waals surface area (Å²) < 4.78 is 30.9. The van der Waals surface area contributed by atoms with Gasteiger partial charge in [-0.3, -0.25) is 0 Å². The van der Waals surface area contributed by atoms with E-state index in [1.165, 1.54) is 12.1 Å². The zero-order valence-electron chi connectivity index (χ0n) is 10.1. The van der Waals surface area contributed by atoms with E-state index in [-0.39, 0.29) is 12.5 Å². The van der Waals surface area contributed by atoms with E-state index in [1.807, 2.05) is 6.92 Å². The standard InChI is InChI=1S/C13H18F2O2/c1-9(17-2)3-4-13(16)7-10-5-11(14)8-12(15)6-10/h5-6,8-9,13,16H,3-4,7H2,1-2H3. The monoisotopic (exact) mass is 244 g/mol. The minimum Gasteiger partial charge on any atom is -0.393 e. The lowest BCUT2D eigenvalue weighted by molar-refractivity contribution is 0.0851. The number of rotatable bonds is 6. The Morgan fingerprint density at radius 2 is 1.76 bits per heavy atom. The Balaban J connectivity index is 2.47. The van der Waals surface area contributed by atoms with E-state index >= 15 is 0 Å². The molecule has 0 spiro atoms. The molecule has 96 valence electrons. The van der Waals surface area contributed by atoms with Gasteiger partial charge in [0, 0.05) is 13.2 Å². The van der Waals surface area contributed by atoms with Crippen LogP contribution in [0.2, 0.25) is 0 Å². The Bertz CT molecular complexity index is 335. The van der Waals surface area contributed by atoms with E-state index in [9.17, 15) is 13.9 Å². The molecule has 2 unspecified atom stereocenters. The SMILES string of the molecule is COC(C)CCC(O)Cc1cc(F)cc(F)c1. The van der Waals surface area contributed by atoms with Crippen molar-refractivity contribution < 1.29 is 18.6 Å². The van der Waals surface area contributed by atoms with Crippen LogP contribution in [0.25, 0.3) is 0 Å². The quantitative estimate of drug-likeness (QED) is 0.833. The predicted octanol–water partition coefficient (Wildman–Crippen LogP) is 2.68. The van der Waals surface area contributed by atoms with E-state index in [0.717, 1.165) is 12.5 Å². The molecule has 1 rings (SSSR count). The van der Waals surface area contributed by atoms with Crippen molar-refractivity contribution in [1.29, 1.82) is 0 Å². The van der Waals surface area contributed by atoms with Crippen LogP contribution in [0.4, 0.5) is 8.78 Å². The van der Waals surface area contributed by atoms with Crippen molar-refractivity contribution >= 4 is 0 Å². The molecule has 1 aromatic rings. The molecule has 0 radical (unpaired) electrons. The van der Waals surface area contributed by atoms with Gasteiger partial charge in [0.15, 0.2) is 0 Å². The third-order valence-corrected chi connectivity index (χ3v) is 2.70. The smallest absolute Gasteiger partial charge is 0.126 e. The highest BCUT2D eigenvalue weighted by Gasteiger charge is 2.10. The third-order valence-electron chi connectivity index (χ3n) is 2.70. The van der Waals surface area contributed by atoms with E-state index in [0.29, 0.717) is 12.0 Å². The second-order valence-corrected chi connectivity index (χ2v) is 4.26. The summed E-state index contributed by atoms with van der Waals surface area (Å²) in [7, 11) is 1.61. The number of hydrogen-bond donors (Lipinski definition) is 1. The number of aliphatic hydroxyl groups excluding tert-OH is 1. The zero-order chi connectivity index (χ0) is 12.8. The summed E-state index contributed by atoms with van der Waals surface area (Å²) in [6, 6.07) is 3.31. The lowest BCUT2D eigenvalue weighted by atomic mass is 10.0. The second-order valence-electron chi connectivity index (χ2n) is 4.26. The number of halogens is 2. The first-order valence-electron chi connectivity index (χ1n) is 5.67. The number of benzene rings is 1. The molecule has 1 N–H and O–H groups in total. The van der Waals surface area contributed by atoms with Crippen LogP contribution in [0.3, 0.4) is 0 Å². The Kier molecular flexibility index (Phi) is 5.51. The molecule has 2 nitrogen and oxygen atoms in total. The van der Waals surface area contributed by atoms with Gasteiger partial charge in [-0.1, -0.05) is 0 Å². The van der Waals surface area contributed by atoms with Gasteiger partial charge >= 0.3 is 0 Å². The third kappa shape index (κ3) is 5.24. The normalized spacial score (nSPS) is 14.6. The molecule has 0 aliphatic carbocycles. The van der Waals surface area contributed by atoms with Gasteiger partial charge < -0.3 is 9.84 Å². The van der Waals surface area contributed by atoms with Gasteiger partial charge in [0.1, 0.15) is 11.6 Å². The average Bonchev–Trinajstić information content (AvgIpc) is 2.24. The summed E-state index contributed by atoms with van der Waals surface area (Å²) in [6.45, 7) is 1.91. The topological polar surface area (TPSA) is 29.5 Å². The van der Waals surface area contributed by atoms with E-state index < -0.39 is 17.7 Å². The van der Waals surface area contributed by atoms with Crippen molar-refractivity contribution in [1.82, 2.24) is 0 Å². The van der Waals surface area contributed by atoms with E-state index in [1.54, 1.807) is 7.11 Å². The van der Waals surface area contributed by atoms with Crippen LogP contribution >= 0.6 is 0 Å². The molecule has 1 aromatic carbocycles. The Labute approximate surface area is 100 Å². The van der Waals surface area contributed by atoms with Gasteiger partial charge in [-0.15, -0.1) is 0 Å². The van der Waals surface area contributed by atoms with Crippen LogP contribution in [0.1, 0.15) is 25.3 Å². The molecule has 0 saturated heterocycles. The molecule has 0 bridgehead atoms.